The maximum Gasteiger partial charge on any atom is 0.261 e. The summed E-state index contributed by atoms with van der Waals surface area (Å²) in [7, 11) is 0. The Labute approximate surface area is 141 Å². The summed E-state index contributed by atoms with van der Waals surface area (Å²) in [5, 5.41) is 7.47. The molecule has 6 heteroatoms. The minimum absolute atomic E-state index is 0.0540. The molecule has 0 fully saturated rings. The van der Waals surface area contributed by atoms with Crippen LogP contribution in [0.1, 0.15) is 38.9 Å². The zero-order valence-corrected chi connectivity index (χ0v) is 14.4. The molecule has 2 N–H and O–H groups in total. The van der Waals surface area contributed by atoms with E-state index in [0.717, 1.165) is 49.3 Å². The molecule has 0 aliphatic carbocycles. The van der Waals surface area contributed by atoms with Crippen molar-refractivity contribution in [2.75, 3.05) is 5.32 Å². The van der Waals surface area contributed by atoms with Crippen LogP contribution in [0.15, 0.2) is 23.0 Å². The number of rotatable bonds is 2. The zero-order chi connectivity index (χ0) is 16.4. The van der Waals surface area contributed by atoms with Gasteiger partial charge >= 0.3 is 0 Å². The zero-order valence-electron chi connectivity index (χ0n) is 13.6. The number of nitrogens with one attached hydrogen (secondary N) is 2. The summed E-state index contributed by atoms with van der Waals surface area (Å²) in [5.41, 5.74) is 1.62. The lowest BCUT2D eigenvalue weighted by atomic mass is 10.2. The van der Waals surface area contributed by atoms with Gasteiger partial charge in [-0.1, -0.05) is 6.42 Å². The first-order valence-electron chi connectivity index (χ1n) is 8.15. The number of hydrogen-bond acceptors (Lipinski definition) is 3. The topological polar surface area (TPSA) is 59.0 Å². The number of thiocarbonyl (C=S) groups is 1. The molecule has 23 heavy (non-hydrogen) atoms. The van der Waals surface area contributed by atoms with Crippen molar-refractivity contribution >= 4 is 33.9 Å². The van der Waals surface area contributed by atoms with E-state index in [1.807, 2.05) is 36.6 Å². The molecule has 3 rings (SSSR count). The molecule has 1 aromatic heterocycles. The predicted octanol–water partition coefficient (Wildman–Crippen LogP) is 2.82. The Bertz CT molecular complexity index is 797. The van der Waals surface area contributed by atoms with E-state index >= 15 is 0 Å². The van der Waals surface area contributed by atoms with Gasteiger partial charge in [-0.05, 0) is 57.1 Å². The molecule has 0 saturated heterocycles. The Balaban J connectivity index is 1.98. The SMILES string of the molecule is CC(C)NC(=S)Nc1ccc2nc3n(c(=O)c2c1)CCCCC3. The molecule has 1 aliphatic rings. The third kappa shape index (κ3) is 3.52. The first kappa shape index (κ1) is 15.9. The second-order valence-electron chi connectivity index (χ2n) is 6.28. The summed E-state index contributed by atoms with van der Waals surface area (Å²) in [6.45, 7) is 4.82. The third-order valence-corrected chi connectivity index (χ3v) is 4.21. The highest BCUT2D eigenvalue weighted by Gasteiger charge is 2.14. The van der Waals surface area contributed by atoms with Crippen molar-refractivity contribution in [3.05, 3.63) is 34.4 Å². The van der Waals surface area contributed by atoms with E-state index in [4.69, 9.17) is 17.2 Å². The fraction of sp³-hybridized carbons (Fsp3) is 0.471. The average molecular weight is 330 g/mol. The Kier molecular flexibility index (Phi) is 4.61. The second kappa shape index (κ2) is 6.66. The molecule has 0 spiro atoms. The lowest BCUT2D eigenvalue weighted by Crippen LogP contribution is -2.34. The molecule has 122 valence electrons. The maximum atomic E-state index is 12.8. The molecule has 2 aromatic rings. The lowest BCUT2D eigenvalue weighted by Gasteiger charge is -2.14. The van der Waals surface area contributed by atoms with Gasteiger partial charge in [-0.15, -0.1) is 0 Å². The van der Waals surface area contributed by atoms with E-state index in [0.29, 0.717) is 10.5 Å². The van der Waals surface area contributed by atoms with Crippen LogP contribution in [0, 0.1) is 0 Å². The van der Waals surface area contributed by atoms with Gasteiger partial charge in [0.05, 0.1) is 10.9 Å². The van der Waals surface area contributed by atoms with Crippen molar-refractivity contribution in [2.45, 2.75) is 52.1 Å². The van der Waals surface area contributed by atoms with Gasteiger partial charge in [0.15, 0.2) is 5.11 Å². The van der Waals surface area contributed by atoms with Crippen LogP contribution in [-0.2, 0) is 13.0 Å². The second-order valence-corrected chi connectivity index (χ2v) is 6.69. The van der Waals surface area contributed by atoms with Crippen LogP contribution in [0.2, 0.25) is 0 Å². The molecule has 1 aliphatic heterocycles. The summed E-state index contributed by atoms with van der Waals surface area (Å²) in [5.74, 6) is 0.915. The minimum Gasteiger partial charge on any atom is -0.360 e. The van der Waals surface area contributed by atoms with Crippen LogP contribution in [0.3, 0.4) is 0 Å². The standard InChI is InChI=1S/C17H22N4OS/c1-11(2)18-17(23)19-12-7-8-14-13(10-12)16(22)21-9-5-3-4-6-15(21)20-14/h7-8,10-11H,3-6,9H2,1-2H3,(H2,18,19,23). The molecular weight excluding hydrogens is 308 g/mol. The van der Waals surface area contributed by atoms with Crippen LogP contribution in [0.4, 0.5) is 5.69 Å². The number of hydrogen-bond donors (Lipinski definition) is 2. The van der Waals surface area contributed by atoms with Gasteiger partial charge in [-0.25, -0.2) is 4.98 Å². The Morgan fingerprint density at radius 2 is 2.13 bits per heavy atom. The van der Waals surface area contributed by atoms with Gasteiger partial charge in [-0.2, -0.15) is 0 Å². The first-order chi connectivity index (χ1) is 11.0. The van der Waals surface area contributed by atoms with Gasteiger partial charge in [0.25, 0.3) is 5.56 Å². The Hall–Kier alpha value is -1.95. The van der Waals surface area contributed by atoms with Crippen molar-refractivity contribution in [3.8, 4) is 0 Å². The average Bonchev–Trinajstić information content (AvgIpc) is 2.73. The van der Waals surface area contributed by atoms with E-state index in [1.54, 1.807) is 0 Å². The van der Waals surface area contributed by atoms with Crippen molar-refractivity contribution < 1.29 is 0 Å². The lowest BCUT2D eigenvalue weighted by molar-refractivity contribution is 0.614. The van der Waals surface area contributed by atoms with Crippen molar-refractivity contribution in [2.24, 2.45) is 0 Å². The number of anilines is 1. The number of aromatic nitrogens is 2. The highest BCUT2D eigenvalue weighted by molar-refractivity contribution is 7.80. The van der Waals surface area contributed by atoms with E-state index in [2.05, 4.69) is 10.6 Å². The van der Waals surface area contributed by atoms with Gasteiger partial charge in [0.2, 0.25) is 0 Å². The predicted molar refractivity (Wildman–Crippen MR) is 98.1 cm³/mol. The molecule has 0 amide bonds. The van der Waals surface area contributed by atoms with Crippen LogP contribution in [-0.4, -0.2) is 20.7 Å². The van der Waals surface area contributed by atoms with Gasteiger partial charge in [0, 0.05) is 24.7 Å². The molecule has 0 saturated carbocycles. The quantitative estimate of drug-likeness (QED) is 0.829. The van der Waals surface area contributed by atoms with Crippen molar-refractivity contribution in [3.63, 3.8) is 0 Å². The van der Waals surface area contributed by atoms with Crippen LogP contribution >= 0.6 is 12.2 Å². The summed E-state index contributed by atoms with van der Waals surface area (Å²) < 4.78 is 1.84. The monoisotopic (exact) mass is 330 g/mol. The molecule has 0 unspecified atom stereocenters. The smallest absolute Gasteiger partial charge is 0.261 e. The molecule has 0 atom stereocenters. The van der Waals surface area contributed by atoms with Crippen LogP contribution < -0.4 is 16.2 Å². The fourth-order valence-electron chi connectivity index (χ4n) is 2.93. The van der Waals surface area contributed by atoms with Gasteiger partial charge in [-0.3, -0.25) is 9.36 Å². The number of benzene rings is 1. The van der Waals surface area contributed by atoms with E-state index in [1.165, 1.54) is 0 Å². The van der Waals surface area contributed by atoms with Crippen LogP contribution in [0.25, 0.3) is 10.9 Å². The summed E-state index contributed by atoms with van der Waals surface area (Å²) in [4.78, 5) is 17.5. The molecule has 1 aromatic carbocycles. The molecule has 0 bridgehead atoms. The maximum absolute atomic E-state index is 12.8. The normalized spacial score (nSPS) is 14.4. The molecule has 5 nitrogen and oxygen atoms in total. The van der Waals surface area contributed by atoms with Gasteiger partial charge in [0.1, 0.15) is 5.82 Å². The van der Waals surface area contributed by atoms with Gasteiger partial charge < -0.3 is 10.6 Å². The van der Waals surface area contributed by atoms with Crippen molar-refractivity contribution in [1.29, 1.82) is 0 Å². The number of fused-ring (bicyclic) bond motifs is 2. The number of nitrogens with zero attached hydrogens (tertiary/aromatic N) is 2. The van der Waals surface area contributed by atoms with E-state index in [9.17, 15) is 4.79 Å². The summed E-state index contributed by atoms with van der Waals surface area (Å²) in [6, 6.07) is 5.91. The third-order valence-electron chi connectivity index (χ3n) is 3.99. The largest absolute Gasteiger partial charge is 0.360 e. The van der Waals surface area contributed by atoms with Crippen molar-refractivity contribution in [1.82, 2.24) is 14.9 Å². The number of aryl methyl sites for hydroxylation is 1. The highest BCUT2D eigenvalue weighted by Crippen LogP contribution is 2.18. The van der Waals surface area contributed by atoms with E-state index < -0.39 is 0 Å². The molecule has 0 radical (unpaired) electrons. The van der Waals surface area contributed by atoms with Crippen LogP contribution in [0.5, 0.6) is 0 Å². The fourth-order valence-corrected chi connectivity index (χ4v) is 3.28. The minimum atomic E-state index is 0.0540. The molecule has 2 heterocycles. The first-order valence-corrected chi connectivity index (χ1v) is 8.56. The summed E-state index contributed by atoms with van der Waals surface area (Å²) >= 11 is 5.26. The highest BCUT2D eigenvalue weighted by atomic mass is 32.1. The summed E-state index contributed by atoms with van der Waals surface area (Å²) in [6.07, 6.45) is 4.18. The Morgan fingerprint density at radius 1 is 1.30 bits per heavy atom. The molecular formula is C17H22N4OS. The Morgan fingerprint density at radius 3 is 2.91 bits per heavy atom. The van der Waals surface area contributed by atoms with E-state index in [-0.39, 0.29) is 11.6 Å².